The van der Waals surface area contributed by atoms with Crippen LogP contribution in [0, 0.1) is 6.92 Å². The van der Waals surface area contributed by atoms with Gasteiger partial charge in [0.05, 0.1) is 12.7 Å². The van der Waals surface area contributed by atoms with Crippen molar-refractivity contribution in [3.05, 3.63) is 89.0 Å². The summed E-state index contributed by atoms with van der Waals surface area (Å²) in [7, 11) is 1.70. The molecular weight excluding hydrogens is 380 g/mol. The maximum atomic E-state index is 11.5. The van der Waals surface area contributed by atoms with Crippen LogP contribution in [0.3, 0.4) is 0 Å². The number of hydrogen-bond acceptors (Lipinski definition) is 2. The average Bonchev–Trinajstić information content (AvgIpc) is 2.80. The van der Waals surface area contributed by atoms with E-state index in [4.69, 9.17) is 4.74 Å². The van der Waals surface area contributed by atoms with Gasteiger partial charge in [-0.1, -0.05) is 67.9 Å². The molecule has 3 aromatic rings. The maximum Gasteiger partial charge on any atom is 0.118 e. The number of aliphatic hydroxyl groups is 1. The van der Waals surface area contributed by atoms with Gasteiger partial charge in [-0.25, -0.2) is 0 Å². The minimum atomic E-state index is -0.725. The fraction of sp³-hybridized carbons (Fsp3) is 0.379. The van der Waals surface area contributed by atoms with E-state index in [1.807, 2.05) is 12.1 Å². The standard InChI is InChI=1S/C29H34O2/c1-4-5-22-6-8-25(9-7-22)28-15-12-26(20-21(28)2)29(30)18-16-24(17-19-29)23-10-13-27(31-3)14-11-23/h6-15,20,24,30H,4-5,16-19H2,1-3H3. The van der Waals surface area contributed by atoms with E-state index in [0.29, 0.717) is 5.92 Å². The first kappa shape index (κ1) is 21.6. The van der Waals surface area contributed by atoms with E-state index in [1.165, 1.54) is 34.2 Å². The van der Waals surface area contributed by atoms with Crippen LogP contribution in [0.15, 0.2) is 66.7 Å². The van der Waals surface area contributed by atoms with Crippen molar-refractivity contribution in [2.45, 2.75) is 63.9 Å². The Morgan fingerprint density at radius 1 is 0.935 bits per heavy atom. The lowest BCUT2D eigenvalue weighted by Crippen LogP contribution is -2.31. The minimum Gasteiger partial charge on any atom is -0.497 e. The number of benzene rings is 3. The Morgan fingerprint density at radius 2 is 1.61 bits per heavy atom. The Morgan fingerprint density at radius 3 is 2.19 bits per heavy atom. The second-order valence-corrected chi connectivity index (χ2v) is 9.06. The van der Waals surface area contributed by atoms with Crippen molar-refractivity contribution < 1.29 is 9.84 Å². The summed E-state index contributed by atoms with van der Waals surface area (Å²) in [4.78, 5) is 0. The highest BCUT2D eigenvalue weighted by molar-refractivity contribution is 5.68. The Labute approximate surface area is 186 Å². The third kappa shape index (κ3) is 4.70. The van der Waals surface area contributed by atoms with Crippen LogP contribution in [0.1, 0.15) is 67.2 Å². The Kier molecular flexibility index (Phi) is 6.48. The second kappa shape index (κ2) is 9.28. The lowest BCUT2D eigenvalue weighted by molar-refractivity contribution is -0.00570. The van der Waals surface area contributed by atoms with Crippen LogP contribution in [0.5, 0.6) is 5.75 Å². The third-order valence-corrected chi connectivity index (χ3v) is 6.97. The van der Waals surface area contributed by atoms with Gasteiger partial charge in [0.15, 0.2) is 0 Å². The van der Waals surface area contributed by atoms with E-state index in [0.717, 1.165) is 43.4 Å². The molecule has 0 heterocycles. The van der Waals surface area contributed by atoms with Gasteiger partial charge < -0.3 is 9.84 Å². The van der Waals surface area contributed by atoms with Crippen molar-refractivity contribution in [3.8, 4) is 16.9 Å². The second-order valence-electron chi connectivity index (χ2n) is 9.06. The van der Waals surface area contributed by atoms with E-state index in [-0.39, 0.29) is 0 Å². The predicted molar refractivity (Wildman–Crippen MR) is 129 cm³/mol. The van der Waals surface area contributed by atoms with Gasteiger partial charge in [-0.3, -0.25) is 0 Å². The zero-order valence-corrected chi connectivity index (χ0v) is 19.0. The van der Waals surface area contributed by atoms with Crippen molar-refractivity contribution in [2.75, 3.05) is 7.11 Å². The third-order valence-electron chi connectivity index (χ3n) is 6.97. The molecule has 0 unspecified atom stereocenters. The summed E-state index contributed by atoms with van der Waals surface area (Å²) in [6.45, 7) is 4.37. The summed E-state index contributed by atoms with van der Waals surface area (Å²) in [5.41, 5.74) is 6.80. The first-order valence-electron chi connectivity index (χ1n) is 11.6. The van der Waals surface area contributed by atoms with Crippen LogP contribution in [-0.2, 0) is 12.0 Å². The summed E-state index contributed by atoms with van der Waals surface area (Å²) in [6, 6.07) is 23.8. The summed E-state index contributed by atoms with van der Waals surface area (Å²) >= 11 is 0. The average molecular weight is 415 g/mol. The number of methoxy groups -OCH3 is 1. The highest BCUT2D eigenvalue weighted by Gasteiger charge is 2.35. The number of hydrogen-bond donors (Lipinski definition) is 1. The molecule has 2 heteroatoms. The number of ether oxygens (including phenoxy) is 1. The van der Waals surface area contributed by atoms with Gasteiger partial charge in [-0.15, -0.1) is 0 Å². The van der Waals surface area contributed by atoms with Crippen LogP contribution in [0.4, 0.5) is 0 Å². The molecule has 1 aliphatic rings. The molecule has 0 saturated heterocycles. The zero-order chi connectivity index (χ0) is 21.8. The molecule has 0 bridgehead atoms. The highest BCUT2D eigenvalue weighted by Crippen LogP contribution is 2.44. The molecule has 162 valence electrons. The molecule has 0 spiro atoms. The predicted octanol–water partition coefficient (Wildman–Crippen LogP) is 7.17. The van der Waals surface area contributed by atoms with Crippen molar-refractivity contribution in [2.24, 2.45) is 0 Å². The van der Waals surface area contributed by atoms with E-state index >= 15 is 0 Å². The van der Waals surface area contributed by atoms with Gasteiger partial charge in [0.1, 0.15) is 5.75 Å². The number of rotatable bonds is 6. The molecule has 1 fully saturated rings. The molecule has 4 rings (SSSR count). The van der Waals surface area contributed by atoms with Gasteiger partial charge in [0.2, 0.25) is 0 Å². The first-order chi connectivity index (χ1) is 15.0. The van der Waals surface area contributed by atoms with E-state index in [1.54, 1.807) is 7.11 Å². The lowest BCUT2D eigenvalue weighted by atomic mass is 9.73. The Hall–Kier alpha value is -2.58. The van der Waals surface area contributed by atoms with Crippen LogP contribution < -0.4 is 4.74 Å². The molecule has 2 nitrogen and oxygen atoms in total. The van der Waals surface area contributed by atoms with Gasteiger partial charge in [-0.05, 0) is 90.5 Å². The summed E-state index contributed by atoms with van der Waals surface area (Å²) in [6.07, 6.45) is 5.90. The van der Waals surface area contributed by atoms with E-state index in [2.05, 4.69) is 68.4 Å². The molecular formula is C29H34O2. The summed E-state index contributed by atoms with van der Waals surface area (Å²) in [5, 5.41) is 11.5. The van der Waals surface area contributed by atoms with Crippen LogP contribution >= 0.6 is 0 Å². The topological polar surface area (TPSA) is 29.5 Å². The molecule has 1 aliphatic carbocycles. The van der Waals surface area contributed by atoms with Crippen molar-refractivity contribution in [3.63, 3.8) is 0 Å². The Balaban J connectivity index is 1.47. The molecule has 1 N–H and O–H groups in total. The fourth-order valence-electron chi connectivity index (χ4n) is 5.01. The van der Waals surface area contributed by atoms with E-state index < -0.39 is 5.60 Å². The smallest absolute Gasteiger partial charge is 0.118 e. The fourth-order valence-corrected chi connectivity index (χ4v) is 5.01. The molecule has 1 saturated carbocycles. The van der Waals surface area contributed by atoms with Crippen LogP contribution in [0.2, 0.25) is 0 Å². The Bertz CT molecular complexity index is 994. The SMILES string of the molecule is CCCc1ccc(-c2ccc(C3(O)CCC(c4ccc(OC)cc4)CC3)cc2C)cc1. The molecule has 0 radical (unpaired) electrons. The van der Waals surface area contributed by atoms with Crippen molar-refractivity contribution >= 4 is 0 Å². The summed E-state index contributed by atoms with van der Waals surface area (Å²) in [5.74, 6) is 1.40. The van der Waals surface area contributed by atoms with Gasteiger partial charge in [0.25, 0.3) is 0 Å². The summed E-state index contributed by atoms with van der Waals surface area (Å²) < 4.78 is 5.28. The quantitative estimate of drug-likeness (QED) is 0.463. The first-order valence-corrected chi connectivity index (χ1v) is 11.6. The van der Waals surface area contributed by atoms with Gasteiger partial charge >= 0.3 is 0 Å². The van der Waals surface area contributed by atoms with Crippen LogP contribution in [0.25, 0.3) is 11.1 Å². The maximum absolute atomic E-state index is 11.5. The van der Waals surface area contributed by atoms with Crippen molar-refractivity contribution in [1.29, 1.82) is 0 Å². The molecule has 31 heavy (non-hydrogen) atoms. The van der Waals surface area contributed by atoms with E-state index in [9.17, 15) is 5.11 Å². The largest absolute Gasteiger partial charge is 0.497 e. The number of aryl methyl sites for hydroxylation is 2. The molecule has 0 amide bonds. The molecule has 3 aromatic carbocycles. The molecule has 0 aliphatic heterocycles. The zero-order valence-electron chi connectivity index (χ0n) is 19.0. The van der Waals surface area contributed by atoms with Gasteiger partial charge in [-0.2, -0.15) is 0 Å². The monoisotopic (exact) mass is 414 g/mol. The van der Waals surface area contributed by atoms with Crippen molar-refractivity contribution in [1.82, 2.24) is 0 Å². The van der Waals surface area contributed by atoms with Gasteiger partial charge in [0, 0.05) is 0 Å². The normalized spacial score (nSPS) is 21.1. The minimum absolute atomic E-state index is 0.508. The lowest BCUT2D eigenvalue weighted by Gasteiger charge is -2.37. The highest BCUT2D eigenvalue weighted by atomic mass is 16.5. The molecule has 0 atom stereocenters. The molecule has 0 aromatic heterocycles. The van der Waals surface area contributed by atoms with Crippen LogP contribution in [-0.4, -0.2) is 12.2 Å².